The van der Waals surface area contributed by atoms with Crippen LogP contribution in [-0.2, 0) is 17.8 Å². The SMILES string of the molecule is COc1cc(N2CC3(CC(c4nnc5n4-c4ccc(Cl)cc4CN(CC(F)(F)C4COC4)C5)C3)C2)c(F)cc1F. The Hall–Kier alpha value is -2.89. The number of anilines is 1. The second kappa shape index (κ2) is 9.32. The van der Waals surface area contributed by atoms with Crippen LogP contribution in [-0.4, -0.2) is 65.5 Å². The van der Waals surface area contributed by atoms with Gasteiger partial charge in [0.25, 0.3) is 5.92 Å². The molecule has 2 saturated heterocycles. The van der Waals surface area contributed by atoms with Gasteiger partial charge in [0, 0.05) is 48.1 Å². The number of hydrogen-bond donors (Lipinski definition) is 0. The summed E-state index contributed by atoms with van der Waals surface area (Å²) in [6.07, 6.45) is 1.68. The summed E-state index contributed by atoms with van der Waals surface area (Å²) < 4.78 is 70.3. The molecule has 12 heteroatoms. The summed E-state index contributed by atoms with van der Waals surface area (Å²) in [5.41, 5.74) is 2.05. The van der Waals surface area contributed by atoms with Gasteiger partial charge in [-0.15, -0.1) is 10.2 Å². The van der Waals surface area contributed by atoms with E-state index in [1.54, 1.807) is 11.0 Å². The molecule has 212 valence electrons. The number of halogens is 5. The molecule has 3 aliphatic heterocycles. The fraction of sp³-hybridized carbons (Fsp3) is 0.500. The van der Waals surface area contributed by atoms with Gasteiger partial charge in [0.05, 0.1) is 50.7 Å². The fourth-order valence-electron chi connectivity index (χ4n) is 6.65. The highest BCUT2D eigenvalue weighted by molar-refractivity contribution is 6.30. The zero-order valence-electron chi connectivity index (χ0n) is 21.8. The molecule has 1 saturated carbocycles. The molecule has 7 nitrogen and oxygen atoms in total. The van der Waals surface area contributed by atoms with Crippen molar-refractivity contribution in [3.8, 4) is 11.4 Å². The average molecular weight is 578 g/mol. The summed E-state index contributed by atoms with van der Waals surface area (Å²) in [6.45, 7) is 1.60. The normalized spacial score (nSPS) is 20.8. The molecular weight excluding hydrogens is 550 g/mol. The van der Waals surface area contributed by atoms with Crippen LogP contribution in [0.5, 0.6) is 5.75 Å². The predicted molar refractivity (Wildman–Crippen MR) is 139 cm³/mol. The zero-order chi connectivity index (χ0) is 27.8. The quantitative estimate of drug-likeness (QED) is 0.376. The standard InChI is InChI=1S/C28H28ClF4N5O2/c1-39-24-6-23(20(30)5-21(24)31)37-13-27(14-37)7-17(8-27)26-35-34-25-10-36(15-28(32,33)18-11-40-12-18)9-16-4-19(29)2-3-22(16)38(25)26/h2-6,17-18H,7-15H2,1H3. The monoisotopic (exact) mass is 577 g/mol. The molecule has 3 aromatic rings. The van der Waals surface area contributed by atoms with E-state index in [0.717, 1.165) is 36.0 Å². The molecule has 0 bridgehead atoms. The number of aromatic nitrogens is 3. The van der Waals surface area contributed by atoms with Gasteiger partial charge in [-0.2, -0.15) is 0 Å². The van der Waals surface area contributed by atoms with Crippen molar-refractivity contribution in [2.75, 3.05) is 44.9 Å². The van der Waals surface area contributed by atoms with Crippen molar-refractivity contribution in [1.82, 2.24) is 19.7 Å². The fourth-order valence-corrected chi connectivity index (χ4v) is 6.85. The van der Waals surface area contributed by atoms with Gasteiger partial charge in [-0.1, -0.05) is 11.6 Å². The Morgan fingerprint density at radius 3 is 2.52 bits per heavy atom. The second-order valence-corrected chi connectivity index (χ2v) is 12.1. The zero-order valence-corrected chi connectivity index (χ0v) is 22.6. The first-order valence-corrected chi connectivity index (χ1v) is 13.7. The van der Waals surface area contributed by atoms with E-state index in [1.165, 1.54) is 13.2 Å². The lowest BCUT2D eigenvalue weighted by atomic mass is 9.57. The average Bonchev–Trinajstić information content (AvgIpc) is 3.12. The first kappa shape index (κ1) is 26.0. The first-order chi connectivity index (χ1) is 19.1. The van der Waals surface area contributed by atoms with Crippen LogP contribution in [0.1, 0.15) is 36.0 Å². The minimum Gasteiger partial charge on any atom is -0.494 e. The van der Waals surface area contributed by atoms with Crippen LogP contribution in [0.3, 0.4) is 0 Å². The van der Waals surface area contributed by atoms with Gasteiger partial charge in [-0.05, 0) is 36.6 Å². The molecule has 1 aromatic heterocycles. The van der Waals surface area contributed by atoms with Crippen molar-refractivity contribution in [3.63, 3.8) is 0 Å². The Morgan fingerprint density at radius 2 is 1.82 bits per heavy atom. The predicted octanol–water partition coefficient (Wildman–Crippen LogP) is 5.19. The van der Waals surface area contributed by atoms with E-state index < -0.39 is 30.0 Å². The van der Waals surface area contributed by atoms with Crippen molar-refractivity contribution >= 4 is 17.3 Å². The summed E-state index contributed by atoms with van der Waals surface area (Å²) >= 11 is 6.32. The van der Waals surface area contributed by atoms with E-state index in [0.29, 0.717) is 36.2 Å². The number of fused-ring (bicyclic) bond motifs is 3. The van der Waals surface area contributed by atoms with Gasteiger partial charge in [0.1, 0.15) is 11.6 Å². The Morgan fingerprint density at radius 1 is 1.05 bits per heavy atom. The molecule has 40 heavy (non-hydrogen) atoms. The third-order valence-electron chi connectivity index (χ3n) is 8.80. The highest BCUT2D eigenvalue weighted by Gasteiger charge is 2.55. The van der Waals surface area contributed by atoms with Gasteiger partial charge in [-0.25, -0.2) is 17.6 Å². The maximum Gasteiger partial charge on any atom is 0.267 e. The Bertz CT molecular complexity index is 1470. The van der Waals surface area contributed by atoms with Crippen LogP contribution in [0.25, 0.3) is 5.69 Å². The minimum absolute atomic E-state index is 0.0115. The third-order valence-corrected chi connectivity index (χ3v) is 9.04. The molecule has 0 N–H and O–H groups in total. The lowest BCUT2D eigenvalue weighted by Crippen LogP contribution is -2.62. The molecule has 4 heterocycles. The van der Waals surface area contributed by atoms with Gasteiger partial charge < -0.3 is 14.4 Å². The van der Waals surface area contributed by atoms with Crippen LogP contribution in [0.4, 0.5) is 23.2 Å². The van der Waals surface area contributed by atoms with Gasteiger partial charge in [0.2, 0.25) is 0 Å². The smallest absolute Gasteiger partial charge is 0.267 e. The molecule has 1 aliphatic carbocycles. The third kappa shape index (κ3) is 4.24. The summed E-state index contributed by atoms with van der Waals surface area (Å²) in [7, 11) is 1.36. The number of nitrogens with zero attached hydrogens (tertiary/aromatic N) is 5. The Kier molecular flexibility index (Phi) is 6.07. The van der Waals surface area contributed by atoms with Gasteiger partial charge in [-0.3, -0.25) is 9.47 Å². The number of ether oxygens (including phenoxy) is 2. The molecule has 0 atom stereocenters. The first-order valence-electron chi connectivity index (χ1n) is 13.3. The van der Waals surface area contributed by atoms with E-state index in [-0.39, 0.29) is 36.8 Å². The lowest BCUT2D eigenvalue weighted by molar-refractivity contribution is -0.179. The van der Waals surface area contributed by atoms with Crippen LogP contribution < -0.4 is 9.64 Å². The van der Waals surface area contributed by atoms with Crippen LogP contribution in [0.15, 0.2) is 30.3 Å². The summed E-state index contributed by atoms with van der Waals surface area (Å²) in [5.74, 6) is -3.42. The molecule has 2 aromatic carbocycles. The van der Waals surface area contributed by atoms with Crippen LogP contribution in [0, 0.1) is 23.0 Å². The van der Waals surface area contributed by atoms with Crippen molar-refractivity contribution in [1.29, 1.82) is 0 Å². The lowest BCUT2D eigenvalue weighted by Gasteiger charge is -2.59. The highest BCUT2D eigenvalue weighted by Crippen LogP contribution is 2.57. The molecule has 0 radical (unpaired) electrons. The van der Waals surface area contributed by atoms with Crippen molar-refractivity contribution < 1.29 is 27.0 Å². The Balaban J connectivity index is 1.11. The number of alkyl halides is 2. The highest BCUT2D eigenvalue weighted by atomic mass is 35.5. The number of benzene rings is 2. The second-order valence-electron chi connectivity index (χ2n) is 11.6. The number of rotatable bonds is 6. The van der Waals surface area contributed by atoms with Crippen LogP contribution >= 0.6 is 11.6 Å². The van der Waals surface area contributed by atoms with E-state index in [2.05, 4.69) is 10.2 Å². The Labute approximate surface area is 233 Å². The molecule has 0 amide bonds. The summed E-state index contributed by atoms with van der Waals surface area (Å²) in [5, 5.41) is 9.53. The maximum atomic E-state index is 14.9. The molecule has 0 unspecified atom stereocenters. The maximum absolute atomic E-state index is 14.9. The molecule has 3 fully saturated rings. The minimum atomic E-state index is -2.88. The van der Waals surface area contributed by atoms with E-state index >= 15 is 0 Å². The van der Waals surface area contributed by atoms with Gasteiger partial charge in [0.15, 0.2) is 17.4 Å². The van der Waals surface area contributed by atoms with E-state index in [4.69, 9.17) is 21.1 Å². The van der Waals surface area contributed by atoms with Crippen LogP contribution in [0.2, 0.25) is 5.02 Å². The van der Waals surface area contributed by atoms with Gasteiger partial charge >= 0.3 is 0 Å². The van der Waals surface area contributed by atoms with Crippen molar-refractivity contribution in [2.24, 2.45) is 11.3 Å². The number of methoxy groups -OCH3 is 1. The molecule has 1 spiro atoms. The molecule has 7 rings (SSSR count). The van der Waals surface area contributed by atoms with Crippen molar-refractivity contribution in [2.45, 2.75) is 37.8 Å². The number of hydrogen-bond acceptors (Lipinski definition) is 6. The summed E-state index contributed by atoms with van der Waals surface area (Å²) in [6, 6.07) is 7.78. The van der Waals surface area contributed by atoms with Crippen molar-refractivity contribution in [3.05, 3.63) is 64.2 Å². The largest absolute Gasteiger partial charge is 0.494 e. The van der Waals surface area contributed by atoms with E-state index in [9.17, 15) is 17.6 Å². The topological polar surface area (TPSA) is 55.7 Å². The molecule has 4 aliphatic rings. The summed E-state index contributed by atoms with van der Waals surface area (Å²) in [4.78, 5) is 3.61. The van der Waals surface area contributed by atoms with E-state index in [1.807, 2.05) is 21.6 Å². The molecular formula is C28H28ClF4N5O2.